The van der Waals surface area contributed by atoms with Gasteiger partial charge in [-0.05, 0) is 25.7 Å². The van der Waals surface area contributed by atoms with E-state index in [1.54, 1.807) is 0 Å². The summed E-state index contributed by atoms with van der Waals surface area (Å²) < 4.78 is 0. The molecule has 2 aliphatic rings. The molecule has 16 heavy (non-hydrogen) atoms. The van der Waals surface area contributed by atoms with Crippen molar-refractivity contribution in [2.75, 3.05) is 0 Å². The first-order valence-electron chi connectivity index (χ1n) is 5.92. The van der Waals surface area contributed by atoms with Crippen LogP contribution in [0.4, 0.5) is 0 Å². The molecular formula is C11H18N2O3. The number of rotatable bonds is 1. The Kier molecular flexibility index (Phi) is 3.14. The van der Waals surface area contributed by atoms with Gasteiger partial charge in [-0.1, -0.05) is 12.8 Å². The highest BCUT2D eigenvalue weighted by Crippen LogP contribution is 2.30. The van der Waals surface area contributed by atoms with Gasteiger partial charge in [-0.25, -0.2) is 4.79 Å². The van der Waals surface area contributed by atoms with Gasteiger partial charge in [0.1, 0.15) is 6.04 Å². The smallest absolute Gasteiger partial charge is 0.326 e. The van der Waals surface area contributed by atoms with E-state index >= 15 is 0 Å². The van der Waals surface area contributed by atoms with Gasteiger partial charge in [-0.2, -0.15) is 0 Å². The molecule has 0 aromatic carbocycles. The summed E-state index contributed by atoms with van der Waals surface area (Å²) in [7, 11) is 0. The Morgan fingerprint density at radius 1 is 1.25 bits per heavy atom. The first-order valence-corrected chi connectivity index (χ1v) is 5.92. The molecule has 0 aromatic rings. The number of carboxylic acids is 1. The molecule has 90 valence electrons. The number of aliphatic carboxylic acids is 1. The molecule has 3 N–H and O–H groups in total. The number of nitrogens with zero attached hydrogens (tertiary/aromatic N) is 1. The van der Waals surface area contributed by atoms with Gasteiger partial charge in [0.25, 0.3) is 0 Å². The van der Waals surface area contributed by atoms with Crippen molar-refractivity contribution in [3.63, 3.8) is 0 Å². The lowest BCUT2D eigenvalue weighted by molar-refractivity contribution is -0.150. The average molecular weight is 226 g/mol. The van der Waals surface area contributed by atoms with Crippen LogP contribution in [-0.2, 0) is 9.59 Å². The van der Waals surface area contributed by atoms with Crippen molar-refractivity contribution in [1.82, 2.24) is 4.90 Å². The zero-order valence-corrected chi connectivity index (χ0v) is 9.26. The summed E-state index contributed by atoms with van der Waals surface area (Å²) in [5, 5.41) is 9.08. The van der Waals surface area contributed by atoms with E-state index in [0.717, 1.165) is 25.7 Å². The van der Waals surface area contributed by atoms with Gasteiger partial charge in [-0.15, -0.1) is 0 Å². The van der Waals surface area contributed by atoms with Crippen molar-refractivity contribution in [3.05, 3.63) is 0 Å². The van der Waals surface area contributed by atoms with E-state index in [-0.39, 0.29) is 11.9 Å². The summed E-state index contributed by atoms with van der Waals surface area (Å²) in [5.74, 6) is -1.07. The van der Waals surface area contributed by atoms with Gasteiger partial charge >= 0.3 is 5.97 Å². The first kappa shape index (κ1) is 11.4. The number of carboxylic acid groups (broad SMARTS) is 1. The van der Waals surface area contributed by atoms with E-state index in [0.29, 0.717) is 12.8 Å². The molecule has 2 heterocycles. The van der Waals surface area contributed by atoms with Crippen LogP contribution in [0.3, 0.4) is 0 Å². The van der Waals surface area contributed by atoms with Crippen LogP contribution in [0.1, 0.15) is 38.5 Å². The number of carbonyl (C=O) groups excluding carboxylic acids is 1. The standard InChI is InChI=1S/C11H18N2O3/c12-8-4-2-1-3-7-5-6-9(11(15)16)13(7)10(8)14/h7-9H,1-6,12H2,(H,15,16)/t7-,8-,9?/m0/s1. The van der Waals surface area contributed by atoms with Gasteiger partial charge in [0.05, 0.1) is 6.04 Å². The number of carbonyl (C=O) groups is 2. The Bertz CT molecular complexity index is 306. The minimum absolute atomic E-state index is 0.0972. The second kappa shape index (κ2) is 4.41. The summed E-state index contributed by atoms with van der Waals surface area (Å²) in [5.41, 5.74) is 5.78. The Morgan fingerprint density at radius 2 is 1.94 bits per heavy atom. The zero-order valence-electron chi connectivity index (χ0n) is 9.26. The first-order chi connectivity index (χ1) is 7.61. The second-order valence-electron chi connectivity index (χ2n) is 4.72. The highest BCUT2D eigenvalue weighted by Gasteiger charge is 2.42. The number of hydrogen-bond acceptors (Lipinski definition) is 3. The monoisotopic (exact) mass is 226 g/mol. The lowest BCUT2D eigenvalue weighted by Gasteiger charge is -2.32. The third kappa shape index (κ3) is 1.91. The topological polar surface area (TPSA) is 83.6 Å². The number of fused-ring (bicyclic) bond motifs is 1. The van der Waals surface area contributed by atoms with E-state index < -0.39 is 18.1 Å². The summed E-state index contributed by atoms with van der Waals surface area (Å²) in [6, 6.07) is -1.07. The van der Waals surface area contributed by atoms with Gasteiger partial charge in [-0.3, -0.25) is 4.79 Å². The zero-order chi connectivity index (χ0) is 11.7. The van der Waals surface area contributed by atoms with Crippen LogP contribution in [0.5, 0.6) is 0 Å². The quantitative estimate of drug-likeness (QED) is 0.675. The van der Waals surface area contributed by atoms with Crippen molar-refractivity contribution >= 4 is 11.9 Å². The molecule has 1 unspecified atom stereocenters. The fourth-order valence-electron chi connectivity index (χ4n) is 2.80. The van der Waals surface area contributed by atoms with Crippen LogP contribution in [-0.4, -0.2) is 40.0 Å². The van der Waals surface area contributed by atoms with Crippen LogP contribution in [0.15, 0.2) is 0 Å². The van der Waals surface area contributed by atoms with Crippen LogP contribution in [0.2, 0.25) is 0 Å². The number of hydrogen-bond donors (Lipinski definition) is 2. The largest absolute Gasteiger partial charge is 0.480 e. The van der Waals surface area contributed by atoms with Gasteiger partial charge in [0.15, 0.2) is 0 Å². The van der Waals surface area contributed by atoms with E-state index in [1.165, 1.54) is 4.90 Å². The van der Waals surface area contributed by atoms with Crippen molar-refractivity contribution in [2.45, 2.75) is 56.7 Å². The molecule has 2 rings (SSSR count). The van der Waals surface area contributed by atoms with Crippen LogP contribution < -0.4 is 5.73 Å². The Hall–Kier alpha value is -1.10. The van der Waals surface area contributed by atoms with E-state index in [4.69, 9.17) is 10.8 Å². The summed E-state index contributed by atoms with van der Waals surface area (Å²) in [6.45, 7) is 0. The number of amides is 1. The molecule has 0 spiro atoms. The van der Waals surface area contributed by atoms with Crippen LogP contribution in [0, 0.1) is 0 Å². The van der Waals surface area contributed by atoms with E-state index in [1.807, 2.05) is 0 Å². The van der Waals surface area contributed by atoms with Crippen molar-refractivity contribution in [2.24, 2.45) is 5.73 Å². The summed E-state index contributed by atoms with van der Waals surface area (Å²) >= 11 is 0. The summed E-state index contributed by atoms with van der Waals surface area (Å²) in [6.07, 6.45) is 4.97. The molecular weight excluding hydrogens is 208 g/mol. The lowest BCUT2D eigenvalue weighted by Crippen LogP contribution is -2.52. The molecule has 0 bridgehead atoms. The molecule has 2 saturated heterocycles. The van der Waals surface area contributed by atoms with Gasteiger partial charge in [0, 0.05) is 6.04 Å². The predicted octanol–water partition coefficient (Wildman–Crippen LogP) is 0.332. The average Bonchev–Trinajstić information content (AvgIpc) is 2.64. The molecule has 5 nitrogen and oxygen atoms in total. The minimum Gasteiger partial charge on any atom is -0.480 e. The molecule has 2 fully saturated rings. The Morgan fingerprint density at radius 3 is 2.62 bits per heavy atom. The molecule has 0 aromatic heterocycles. The van der Waals surface area contributed by atoms with Crippen molar-refractivity contribution < 1.29 is 14.7 Å². The fourth-order valence-corrected chi connectivity index (χ4v) is 2.80. The highest BCUT2D eigenvalue weighted by molar-refractivity contribution is 5.87. The van der Waals surface area contributed by atoms with E-state index in [2.05, 4.69) is 0 Å². The normalized spacial score (nSPS) is 35.4. The second-order valence-corrected chi connectivity index (χ2v) is 4.72. The molecule has 0 saturated carbocycles. The van der Waals surface area contributed by atoms with Gasteiger partial charge < -0.3 is 15.7 Å². The van der Waals surface area contributed by atoms with Crippen molar-refractivity contribution in [1.29, 1.82) is 0 Å². The summed E-state index contributed by atoms with van der Waals surface area (Å²) in [4.78, 5) is 24.6. The molecule has 0 aliphatic carbocycles. The Labute approximate surface area is 94.6 Å². The van der Waals surface area contributed by atoms with Crippen molar-refractivity contribution in [3.8, 4) is 0 Å². The van der Waals surface area contributed by atoms with Gasteiger partial charge in [0.2, 0.25) is 5.91 Å². The van der Waals surface area contributed by atoms with Crippen LogP contribution >= 0.6 is 0 Å². The third-order valence-electron chi connectivity index (χ3n) is 3.66. The molecule has 2 aliphatic heterocycles. The maximum atomic E-state index is 12.0. The minimum atomic E-state index is -0.899. The predicted molar refractivity (Wildman–Crippen MR) is 57.7 cm³/mol. The maximum absolute atomic E-state index is 12.0. The number of nitrogens with two attached hydrogens (primary N) is 1. The van der Waals surface area contributed by atoms with E-state index in [9.17, 15) is 9.59 Å². The van der Waals surface area contributed by atoms with Crippen LogP contribution in [0.25, 0.3) is 0 Å². The third-order valence-corrected chi connectivity index (χ3v) is 3.66. The SMILES string of the molecule is N[C@H]1CCCC[C@H]2CCC(C(=O)O)N2C1=O. The molecule has 3 atom stereocenters. The molecule has 5 heteroatoms. The fraction of sp³-hybridized carbons (Fsp3) is 0.818. The maximum Gasteiger partial charge on any atom is 0.326 e. The Balaban J connectivity index is 2.20. The highest BCUT2D eigenvalue weighted by atomic mass is 16.4. The molecule has 0 radical (unpaired) electrons. The molecule has 1 amide bonds. The lowest BCUT2D eigenvalue weighted by atomic mass is 9.99.